The zero-order valence-electron chi connectivity index (χ0n) is 10.5. The Kier molecular flexibility index (Phi) is 4.53. The van der Waals surface area contributed by atoms with Crippen molar-refractivity contribution in [3.8, 4) is 5.75 Å². The van der Waals surface area contributed by atoms with Gasteiger partial charge < -0.3 is 10.5 Å². The van der Waals surface area contributed by atoms with Gasteiger partial charge in [-0.1, -0.05) is 24.3 Å². The van der Waals surface area contributed by atoms with E-state index < -0.39 is 18.2 Å². The van der Waals surface area contributed by atoms with Gasteiger partial charge in [-0.05, 0) is 39.7 Å². The van der Waals surface area contributed by atoms with E-state index in [4.69, 9.17) is 5.73 Å². The molecular formula is C14H10BrF4NO. The van der Waals surface area contributed by atoms with Crippen LogP contribution in [-0.4, -0.2) is 6.36 Å². The van der Waals surface area contributed by atoms with E-state index >= 15 is 0 Å². The molecule has 0 spiro atoms. The molecule has 0 aromatic heterocycles. The molecule has 0 saturated heterocycles. The van der Waals surface area contributed by atoms with E-state index in [-0.39, 0.29) is 15.8 Å². The van der Waals surface area contributed by atoms with Crippen LogP contribution in [0.25, 0.3) is 0 Å². The lowest BCUT2D eigenvalue weighted by Gasteiger charge is -2.15. The molecule has 112 valence electrons. The number of nitrogens with two attached hydrogens (primary N) is 1. The van der Waals surface area contributed by atoms with Gasteiger partial charge in [0.05, 0.1) is 10.5 Å². The highest BCUT2D eigenvalue weighted by Crippen LogP contribution is 2.29. The zero-order valence-corrected chi connectivity index (χ0v) is 12.1. The highest BCUT2D eigenvalue weighted by molar-refractivity contribution is 9.10. The Hall–Kier alpha value is -1.60. The fourth-order valence-electron chi connectivity index (χ4n) is 1.82. The van der Waals surface area contributed by atoms with Crippen LogP contribution in [0.2, 0.25) is 0 Å². The first kappa shape index (κ1) is 15.8. The lowest BCUT2D eigenvalue weighted by molar-refractivity contribution is -0.274. The predicted octanol–water partition coefficient (Wildman–Crippen LogP) is 4.53. The molecule has 2 aromatic rings. The average molecular weight is 364 g/mol. The highest BCUT2D eigenvalue weighted by atomic mass is 79.9. The largest absolute Gasteiger partial charge is 0.573 e. The molecule has 2 aromatic carbocycles. The normalized spacial score (nSPS) is 13.0. The van der Waals surface area contributed by atoms with Crippen LogP contribution < -0.4 is 10.5 Å². The van der Waals surface area contributed by atoms with Crippen molar-refractivity contribution in [2.75, 3.05) is 0 Å². The SMILES string of the molecule is N[C@H](c1ccc(OC(F)(F)F)cc1)c1cccc(Br)c1F. The van der Waals surface area contributed by atoms with Crippen molar-refractivity contribution in [1.29, 1.82) is 0 Å². The summed E-state index contributed by atoms with van der Waals surface area (Å²) in [5.41, 5.74) is 6.66. The molecule has 0 aliphatic rings. The second-order valence-corrected chi connectivity index (χ2v) is 5.09. The van der Waals surface area contributed by atoms with Crippen molar-refractivity contribution in [1.82, 2.24) is 0 Å². The summed E-state index contributed by atoms with van der Waals surface area (Å²) in [5, 5.41) is 0. The Morgan fingerprint density at radius 2 is 1.67 bits per heavy atom. The van der Waals surface area contributed by atoms with Gasteiger partial charge in [-0.2, -0.15) is 0 Å². The lowest BCUT2D eigenvalue weighted by atomic mass is 9.99. The molecule has 0 bridgehead atoms. The first-order valence-electron chi connectivity index (χ1n) is 5.83. The molecule has 0 amide bonds. The number of alkyl halides is 3. The van der Waals surface area contributed by atoms with Crippen LogP contribution in [-0.2, 0) is 0 Å². The van der Waals surface area contributed by atoms with Crippen molar-refractivity contribution >= 4 is 15.9 Å². The van der Waals surface area contributed by atoms with Crippen molar-refractivity contribution in [2.24, 2.45) is 5.73 Å². The van der Waals surface area contributed by atoms with Gasteiger partial charge in [0.15, 0.2) is 0 Å². The Labute approximate surface area is 126 Å². The summed E-state index contributed by atoms with van der Waals surface area (Å²) in [4.78, 5) is 0. The minimum atomic E-state index is -4.75. The maximum Gasteiger partial charge on any atom is 0.573 e. The van der Waals surface area contributed by atoms with Crippen LogP contribution in [0.15, 0.2) is 46.9 Å². The Bertz CT molecular complexity index is 628. The standard InChI is InChI=1S/C14H10BrF4NO/c15-11-3-1-2-10(12(11)16)13(20)8-4-6-9(7-5-8)21-14(17,18)19/h1-7,13H,20H2/t13-/m1/s1. The maximum atomic E-state index is 13.9. The molecule has 2 rings (SSSR count). The molecule has 0 heterocycles. The molecule has 0 fully saturated rings. The quantitative estimate of drug-likeness (QED) is 0.812. The van der Waals surface area contributed by atoms with E-state index in [0.717, 1.165) is 12.1 Å². The van der Waals surface area contributed by atoms with Gasteiger partial charge in [0.2, 0.25) is 0 Å². The van der Waals surface area contributed by atoms with Crippen molar-refractivity contribution < 1.29 is 22.3 Å². The number of hydrogen-bond acceptors (Lipinski definition) is 2. The van der Waals surface area contributed by atoms with Gasteiger partial charge in [0, 0.05) is 5.56 Å². The third-order valence-corrected chi connectivity index (χ3v) is 3.40. The first-order valence-corrected chi connectivity index (χ1v) is 6.62. The summed E-state index contributed by atoms with van der Waals surface area (Å²) >= 11 is 3.06. The lowest BCUT2D eigenvalue weighted by Crippen LogP contribution is -2.17. The van der Waals surface area contributed by atoms with Crippen LogP contribution in [0.5, 0.6) is 5.75 Å². The second-order valence-electron chi connectivity index (χ2n) is 4.24. The Morgan fingerprint density at radius 3 is 2.24 bits per heavy atom. The van der Waals surface area contributed by atoms with E-state index in [0.29, 0.717) is 5.56 Å². The molecule has 0 aliphatic carbocycles. The monoisotopic (exact) mass is 363 g/mol. The number of rotatable bonds is 3. The maximum absolute atomic E-state index is 13.9. The topological polar surface area (TPSA) is 35.2 Å². The van der Waals surface area contributed by atoms with Crippen molar-refractivity contribution in [3.63, 3.8) is 0 Å². The van der Waals surface area contributed by atoms with E-state index in [1.165, 1.54) is 24.3 Å². The molecular weight excluding hydrogens is 354 g/mol. The molecule has 1 atom stereocenters. The minimum Gasteiger partial charge on any atom is -0.406 e. The molecule has 21 heavy (non-hydrogen) atoms. The van der Waals surface area contributed by atoms with Gasteiger partial charge in [-0.15, -0.1) is 13.2 Å². The minimum absolute atomic E-state index is 0.244. The number of halogens is 5. The second kappa shape index (κ2) is 6.03. The summed E-state index contributed by atoms with van der Waals surface area (Å²) in [5.74, 6) is -0.853. The Balaban J connectivity index is 2.24. The summed E-state index contributed by atoms with van der Waals surface area (Å²) in [6.45, 7) is 0. The summed E-state index contributed by atoms with van der Waals surface area (Å²) < 4.78 is 54.2. The van der Waals surface area contributed by atoms with E-state index in [1.807, 2.05) is 0 Å². The summed E-state index contributed by atoms with van der Waals surface area (Å²) in [7, 11) is 0. The molecule has 2 nitrogen and oxygen atoms in total. The molecule has 0 unspecified atom stereocenters. The molecule has 2 N–H and O–H groups in total. The number of hydrogen-bond donors (Lipinski definition) is 1. The third kappa shape index (κ3) is 3.95. The van der Waals surface area contributed by atoms with Crippen LogP contribution in [0.3, 0.4) is 0 Å². The fraction of sp³-hybridized carbons (Fsp3) is 0.143. The smallest absolute Gasteiger partial charge is 0.406 e. The molecule has 0 radical (unpaired) electrons. The molecule has 0 aliphatic heterocycles. The van der Waals surface area contributed by atoms with E-state index in [1.54, 1.807) is 6.07 Å². The number of benzene rings is 2. The number of ether oxygens (including phenoxy) is 1. The van der Waals surface area contributed by atoms with E-state index in [9.17, 15) is 17.6 Å². The van der Waals surface area contributed by atoms with Gasteiger partial charge in [0.1, 0.15) is 11.6 Å². The van der Waals surface area contributed by atoms with Crippen LogP contribution in [0.1, 0.15) is 17.2 Å². The van der Waals surface area contributed by atoms with Crippen LogP contribution in [0.4, 0.5) is 17.6 Å². The first-order chi connectivity index (χ1) is 9.78. The van der Waals surface area contributed by atoms with Crippen LogP contribution >= 0.6 is 15.9 Å². The van der Waals surface area contributed by atoms with Gasteiger partial charge >= 0.3 is 6.36 Å². The zero-order chi connectivity index (χ0) is 15.6. The average Bonchev–Trinajstić information content (AvgIpc) is 2.40. The highest BCUT2D eigenvalue weighted by Gasteiger charge is 2.31. The van der Waals surface area contributed by atoms with Crippen LogP contribution in [0, 0.1) is 5.82 Å². The fourth-order valence-corrected chi connectivity index (χ4v) is 2.20. The third-order valence-electron chi connectivity index (χ3n) is 2.79. The van der Waals surface area contributed by atoms with Gasteiger partial charge in [-0.25, -0.2) is 4.39 Å². The van der Waals surface area contributed by atoms with Crippen molar-refractivity contribution in [2.45, 2.75) is 12.4 Å². The Morgan fingerprint density at radius 1 is 1.05 bits per heavy atom. The molecule has 7 heteroatoms. The van der Waals surface area contributed by atoms with E-state index in [2.05, 4.69) is 20.7 Å². The van der Waals surface area contributed by atoms with Gasteiger partial charge in [0.25, 0.3) is 0 Å². The predicted molar refractivity (Wildman–Crippen MR) is 73.3 cm³/mol. The molecule has 0 saturated carbocycles. The van der Waals surface area contributed by atoms with Crippen molar-refractivity contribution in [3.05, 3.63) is 63.9 Å². The van der Waals surface area contributed by atoms with Gasteiger partial charge in [-0.3, -0.25) is 0 Å². The summed E-state index contributed by atoms with van der Waals surface area (Å²) in [6.07, 6.45) is -4.75. The summed E-state index contributed by atoms with van der Waals surface area (Å²) in [6, 6.07) is 8.90.